The lowest BCUT2D eigenvalue weighted by Gasteiger charge is -2.32. The summed E-state index contributed by atoms with van der Waals surface area (Å²) >= 11 is 0. The van der Waals surface area contributed by atoms with Gasteiger partial charge in [0.1, 0.15) is 18.5 Å². The van der Waals surface area contributed by atoms with Crippen molar-refractivity contribution < 1.29 is 23.6 Å². The lowest BCUT2D eigenvalue weighted by atomic mass is 9.85. The summed E-state index contributed by atoms with van der Waals surface area (Å²) in [5.74, 6) is -0.810. The van der Waals surface area contributed by atoms with Crippen molar-refractivity contribution >= 4 is 12.0 Å². The Morgan fingerprint density at radius 2 is 1.79 bits per heavy atom. The lowest BCUT2D eigenvalue weighted by molar-refractivity contribution is -0.149. The number of benzene rings is 3. The van der Waals surface area contributed by atoms with Crippen molar-refractivity contribution in [2.45, 2.75) is 25.6 Å². The van der Waals surface area contributed by atoms with E-state index in [2.05, 4.69) is 0 Å². The fourth-order valence-electron chi connectivity index (χ4n) is 4.60. The Balaban J connectivity index is 1.59. The van der Waals surface area contributed by atoms with Gasteiger partial charge in [-0.1, -0.05) is 60.7 Å². The van der Waals surface area contributed by atoms with E-state index in [0.29, 0.717) is 12.1 Å². The van der Waals surface area contributed by atoms with Crippen LogP contribution in [0.1, 0.15) is 35.7 Å². The smallest absolute Gasteiger partial charge is 0.345 e. The molecule has 2 heterocycles. The molecule has 3 aromatic rings. The molecule has 0 saturated carbocycles. The van der Waals surface area contributed by atoms with Crippen LogP contribution >= 0.6 is 0 Å². The number of esters is 1. The summed E-state index contributed by atoms with van der Waals surface area (Å²) in [6, 6.07) is 19.7. The summed E-state index contributed by atoms with van der Waals surface area (Å²) in [5, 5.41) is 1.36. The Hall–Kier alpha value is -3.71. The highest BCUT2D eigenvalue weighted by molar-refractivity contribution is 5.90. The Labute approximate surface area is 191 Å². The molecule has 2 aliphatic heterocycles. The third-order valence-electron chi connectivity index (χ3n) is 6.04. The molecule has 3 aromatic carbocycles. The zero-order valence-electron chi connectivity index (χ0n) is 18.1. The summed E-state index contributed by atoms with van der Waals surface area (Å²) in [5.41, 5.74) is 4.07. The van der Waals surface area contributed by atoms with E-state index in [1.165, 1.54) is 22.1 Å². The predicted octanol–water partition coefficient (Wildman–Crippen LogP) is 5.02. The van der Waals surface area contributed by atoms with E-state index in [9.17, 15) is 14.0 Å². The second kappa shape index (κ2) is 8.67. The van der Waals surface area contributed by atoms with E-state index < -0.39 is 18.1 Å². The molecule has 0 N–H and O–H groups in total. The van der Waals surface area contributed by atoms with Crippen LogP contribution in [0.3, 0.4) is 0 Å². The maximum absolute atomic E-state index is 13.6. The quantitative estimate of drug-likeness (QED) is 0.499. The van der Waals surface area contributed by atoms with Gasteiger partial charge in [0.2, 0.25) is 0 Å². The van der Waals surface area contributed by atoms with Gasteiger partial charge in [-0.3, -0.25) is 4.84 Å². The molecule has 2 amide bonds. The first kappa shape index (κ1) is 21.2. The maximum atomic E-state index is 13.6. The molecule has 6 nitrogen and oxygen atoms in total. The monoisotopic (exact) mass is 446 g/mol. The van der Waals surface area contributed by atoms with Crippen LogP contribution in [-0.2, 0) is 21.0 Å². The van der Waals surface area contributed by atoms with Crippen LogP contribution in [0.15, 0.2) is 72.8 Å². The maximum Gasteiger partial charge on any atom is 0.345 e. The topological polar surface area (TPSA) is 59.1 Å². The van der Waals surface area contributed by atoms with Gasteiger partial charge in [-0.15, -0.1) is 0 Å². The SMILES string of the molecule is CCOC(=O)C1c2cccc(-c3ccc(F)cc3)c2[C@H]2CN1C(=O)N2OCc1ccccc1. The van der Waals surface area contributed by atoms with Crippen LogP contribution in [0, 0.1) is 5.82 Å². The van der Waals surface area contributed by atoms with E-state index in [0.717, 1.165) is 22.3 Å². The first-order valence-corrected chi connectivity index (χ1v) is 10.9. The van der Waals surface area contributed by atoms with Gasteiger partial charge in [0, 0.05) is 0 Å². The number of hydroxylamine groups is 2. The molecule has 1 unspecified atom stereocenters. The van der Waals surface area contributed by atoms with Crippen LogP contribution in [0.5, 0.6) is 0 Å². The van der Waals surface area contributed by atoms with E-state index >= 15 is 0 Å². The summed E-state index contributed by atoms with van der Waals surface area (Å²) in [6.07, 6.45) is 0. The minimum atomic E-state index is -0.866. The van der Waals surface area contributed by atoms with Crippen LogP contribution in [0.25, 0.3) is 11.1 Å². The van der Waals surface area contributed by atoms with E-state index in [1.807, 2.05) is 48.5 Å². The minimum Gasteiger partial charge on any atom is -0.464 e. The van der Waals surface area contributed by atoms with Gasteiger partial charge in [0.25, 0.3) is 0 Å². The van der Waals surface area contributed by atoms with Gasteiger partial charge in [-0.2, -0.15) is 5.06 Å². The Bertz CT molecular complexity index is 1180. The van der Waals surface area contributed by atoms with Crippen LogP contribution in [0.2, 0.25) is 0 Å². The second-order valence-electron chi connectivity index (χ2n) is 8.01. The average molecular weight is 446 g/mol. The average Bonchev–Trinajstić information content (AvgIpc) is 3.10. The third kappa shape index (κ3) is 3.74. The summed E-state index contributed by atoms with van der Waals surface area (Å²) in [7, 11) is 0. The predicted molar refractivity (Wildman–Crippen MR) is 119 cm³/mol. The van der Waals surface area contributed by atoms with E-state index in [-0.39, 0.29) is 25.1 Å². The third-order valence-corrected chi connectivity index (χ3v) is 6.04. The molecule has 2 bridgehead atoms. The number of amides is 2. The molecular formula is C26H23FN2O4. The Morgan fingerprint density at radius 1 is 1.03 bits per heavy atom. The molecule has 7 heteroatoms. The van der Waals surface area contributed by atoms with Crippen molar-refractivity contribution in [2.75, 3.05) is 13.2 Å². The van der Waals surface area contributed by atoms with Crippen molar-refractivity contribution in [1.82, 2.24) is 9.96 Å². The Kier molecular flexibility index (Phi) is 5.56. The van der Waals surface area contributed by atoms with Crippen molar-refractivity contribution in [3.8, 4) is 11.1 Å². The number of rotatable bonds is 6. The van der Waals surface area contributed by atoms with Gasteiger partial charge < -0.3 is 9.64 Å². The molecule has 5 rings (SSSR count). The number of hydrogen-bond donors (Lipinski definition) is 0. The highest BCUT2D eigenvalue weighted by atomic mass is 19.1. The highest BCUT2D eigenvalue weighted by Gasteiger charge is 2.52. The fourth-order valence-corrected chi connectivity index (χ4v) is 4.60. The lowest BCUT2D eigenvalue weighted by Crippen LogP contribution is -2.39. The number of carbonyl (C=O) groups is 2. The second-order valence-corrected chi connectivity index (χ2v) is 8.01. The van der Waals surface area contributed by atoms with Crippen molar-refractivity contribution in [3.63, 3.8) is 0 Å². The number of fused-ring (bicyclic) bond motifs is 4. The molecule has 33 heavy (non-hydrogen) atoms. The molecular weight excluding hydrogens is 423 g/mol. The molecule has 1 saturated heterocycles. The fraction of sp³-hybridized carbons (Fsp3) is 0.231. The molecule has 0 aliphatic carbocycles. The molecule has 1 fully saturated rings. The van der Waals surface area contributed by atoms with Crippen molar-refractivity contribution in [1.29, 1.82) is 0 Å². The molecule has 2 aliphatic rings. The molecule has 2 atom stereocenters. The normalized spacial score (nSPS) is 18.9. The number of hydrogen-bond acceptors (Lipinski definition) is 4. The van der Waals surface area contributed by atoms with Gasteiger partial charge in [-0.05, 0) is 46.9 Å². The van der Waals surface area contributed by atoms with Gasteiger partial charge >= 0.3 is 12.0 Å². The summed E-state index contributed by atoms with van der Waals surface area (Å²) in [4.78, 5) is 33.8. The minimum absolute atomic E-state index is 0.210. The van der Waals surface area contributed by atoms with Crippen LogP contribution < -0.4 is 0 Å². The molecule has 0 radical (unpaired) electrons. The summed E-state index contributed by atoms with van der Waals surface area (Å²) in [6.45, 7) is 2.46. The zero-order valence-corrected chi connectivity index (χ0v) is 18.1. The first-order chi connectivity index (χ1) is 16.1. The summed E-state index contributed by atoms with van der Waals surface area (Å²) < 4.78 is 18.9. The molecule has 0 aromatic heterocycles. The molecule has 0 spiro atoms. The van der Waals surface area contributed by atoms with Crippen molar-refractivity contribution in [2.24, 2.45) is 0 Å². The van der Waals surface area contributed by atoms with Gasteiger partial charge in [0.15, 0.2) is 6.04 Å². The first-order valence-electron chi connectivity index (χ1n) is 10.9. The number of ether oxygens (including phenoxy) is 1. The van der Waals surface area contributed by atoms with Crippen LogP contribution in [0.4, 0.5) is 9.18 Å². The number of urea groups is 1. The van der Waals surface area contributed by atoms with Gasteiger partial charge in [-0.25, -0.2) is 14.0 Å². The Morgan fingerprint density at radius 3 is 2.52 bits per heavy atom. The standard InChI is InChI=1S/C26H23FN2O4/c1-2-32-25(30)24-21-10-6-9-20(18-11-13-19(27)14-12-18)23(21)22-15-28(24)26(31)29(22)33-16-17-7-4-3-5-8-17/h3-14,22,24H,2,15-16H2,1H3/t22-,24?/m1/s1. The van der Waals surface area contributed by atoms with E-state index in [1.54, 1.807) is 19.1 Å². The number of nitrogens with zero attached hydrogens (tertiary/aromatic N) is 2. The number of halogens is 1. The van der Waals surface area contributed by atoms with Crippen LogP contribution in [-0.4, -0.2) is 35.1 Å². The van der Waals surface area contributed by atoms with Crippen molar-refractivity contribution in [3.05, 3.63) is 95.3 Å². The number of carbonyl (C=O) groups excluding carboxylic acids is 2. The van der Waals surface area contributed by atoms with Gasteiger partial charge in [0.05, 0.1) is 13.2 Å². The van der Waals surface area contributed by atoms with E-state index in [4.69, 9.17) is 9.57 Å². The highest BCUT2D eigenvalue weighted by Crippen LogP contribution is 2.48. The molecule has 168 valence electrons. The zero-order chi connectivity index (χ0) is 22.9. The largest absolute Gasteiger partial charge is 0.464 e.